The summed E-state index contributed by atoms with van der Waals surface area (Å²) < 4.78 is 10.4. The molecule has 1 aromatic rings. The number of ether oxygens (including phenoxy) is 2. The summed E-state index contributed by atoms with van der Waals surface area (Å²) in [5, 5.41) is 2.83. The van der Waals surface area contributed by atoms with Crippen LogP contribution in [0, 0.1) is 5.92 Å². The summed E-state index contributed by atoms with van der Waals surface area (Å²) in [5.41, 5.74) is 0.659. The minimum Gasteiger partial charge on any atom is -0.496 e. The van der Waals surface area contributed by atoms with Crippen molar-refractivity contribution in [2.24, 2.45) is 5.92 Å². The zero-order valence-electron chi connectivity index (χ0n) is 15.1. The lowest BCUT2D eigenvalue weighted by Gasteiger charge is -2.32. The van der Waals surface area contributed by atoms with Crippen LogP contribution in [0.25, 0.3) is 0 Å². The van der Waals surface area contributed by atoms with Crippen LogP contribution in [0.4, 0.5) is 5.69 Å². The predicted octanol–water partition coefficient (Wildman–Crippen LogP) is 2.72. The average molecular weight is 383 g/mol. The monoisotopic (exact) mass is 382 g/mol. The number of amides is 2. The number of piperidine rings is 1. The zero-order chi connectivity index (χ0) is 19.3. The van der Waals surface area contributed by atoms with Gasteiger partial charge in [0.2, 0.25) is 5.91 Å². The summed E-state index contributed by atoms with van der Waals surface area (Å²) in [6.45, 7) is 4.28. The summed E-state index contributed by atoms with van der Waals surface area (Å²) in [5.74, 6) is -0.848. The molecule has 2 rings (SSSR count). The van der Waals surface area contributed by atoms with Gasteiger partial charge in [0.1, 0.15) is 5.75 Å². The number of carbonyl (C=O) groups excluding carboxylic acids is 3. The number of nitrogens with zero attached hydrogens (tertiary/aromatic N) is 1. The Morgan fingerprint density at radius 1 is 1.35 bits per heavy atom. The fraction of sp³-hybridized carbons (Fsp3) is 0.500. The van der Waals surface area contributed by atoms with Crippen molar-refractivity contribution in [3.8, 4) is 5.75 Å². The van der Waals surface area contributed by atoms with E-state index in [2.05, 4.69) is 5.32 Å². The molecule has 0 aromatic heterocycles. The normalized spacial score (nSPS) is 16.8. The third-order valence-electron chi connectivity index (χ3n) is 4.16. The van der Waals surface area contributed by atoms with Crippen LogP contribution in [0.15, 0.2) is 12.1 Å². The number of esters is 1. The summed E-state index contributed by atoms with van der Waals surface area (Å²) in [6, 6.07) is 2.99. The first-order chi connectivity index (χ1) is 12.4. The smallest absolute Gasteiger partial charge is 0.310 e. The highest BCUT2D eigenvalue weighted by Crippen LogP contribution is 2.32. The van der Waals surface area contributed by atoms with E-state index >= 15 is 0 Å². The molecule has 0 radical (unpaired) electrons. The van der Waals surface area contributed by atoms with Crippen molar-refractivity contribution >= 4 is 35.1 Å². The van der Waals surface area contributed by atoms with Crippen molar-refractivity contribution in [1.82, 2.24) is 4.90 Å². The number of halogens is 1. The molecule has 1 saturated heterocycles. The first-order valence-corrected chi connectivity index (χ1v) is 8.86. The van der Waals surface area contributed by atoms with Crippen molar-refractivity contribution in [2.75, 3.05) is 32.1 Å². The van der Waals surface area contributed by atoms with Crippen LogP contribution in [-0.2, 0) is 14.3 Å². The van der Waals surface area contributed by atoms with E-state index in [1.54, 1.807) is 11.8 Å². The van der Waals surface area contributed by atoms with Gasteiger partial charge in [-0.25, -0.2) is 0 Å². The van der Waals surface area contributed by atoms with Gasteiger partial charge in [0.15, 0.2) is 0 Å². The van der Waals surface area contributed by atoms with E-state index in [-0.39, 0.29) is 34.3 Å². The minimum absolute atomic E-state index is 0.239. The third kappa shape index (κ3) is 4.66. The van der Waals surface area contributed by atoms with E-state index in [9.17, 15) is 14.4 Å². The molecule has 0 aliphatic carbocycles. The van der Waals surface area contributed by atoms with Gasteiger partial charge in [-0.15, -0.1) is 0 Å². The molecule has 1 N–H and O–H groups in total. The summed E-state index contributed by atoms with van der Waals surface area (Å²) in [7, 11) is 1.44. The molecule has 142 valence electrons. The number of hydrogen-bond donors (Lipinski definition) is 1. The van der Waals surface area contributed by atoms with Crippen LogP contribution in [0.1, 0.15) is 37.0 Å². The molecular formula is C18H23ClN2O5. The molecule has 7 nitrogen and oxygen atoms in total. The summed E-state index contributed by atoms with van der Waals surface area (Å²) in [6.07, 6.45) is 1.41. The Kier molecular flexibility index (Phi) is 6.85. The summed E-state index contributed by atoms with van der Waals surface area (Å²) in [4.78, 5) is 37.8. The fourth-order valence-corrected chi connectivity index (χ4v) is 3.17. The SMILES string of the molecule is CCOC(=O)C1CCCN(C(=O)c2cc(Cl)c(NC(C)=O)cc2OC)C1. The van der Waals surface area contributed by atoms with E-state index in [4.69, 9.17) is 21.1 Å². The highest BCUT2D eigenvalue weighted by atomic mass is 35.5. The number of methoxy groups -OCH3 is 1. The number of rotatable bonds is 5. The Bertz CT molecular complexity index is 707. The molecule has 1 unspecified atom stereocenters. The van der Waals surface area contributed by atoms with E-state index < -0.39 is 0 Å². The highest BCUT2D eigenvalue weighted by molar-refractivity contribution is 6.34. The summed E-state index contributed by atoms with van der Waals surface area (Å²) >= 11 is 6.19. The van der Waals surface area contributed by atoms with Gasteiger partial charge in [-0.3, -0.25) is 14.4 Å². The molecular weight excluding hydrogens is 360 g/mol. The van der Waals surface area contributed by atoms with Gasteiger partial charge in [-0.1, -0.05) is 11.6 Å². The van der Waals surface area contributed by atoms with Crippen molar-refractivity contribution in [2.45, 2.75) is 26.7 Å². The number of nitrogens with one attached hydrogen (secondary N) is 1. The molecule has 0 bridgehead atoms. The van der Waals surface area contributed by atoms with Gasteiger partial charge in [0.05, 0.1) is 35.9 Å². The second-order valence-electron chi connectivity index (χ2n) is 6.06. The van der Waals surface area contributed by atoms with Crippen molar-refractivity contribution in [1.29, 1.82) is 0 Å². The van der Waals surface area contributed by atoms with Crippen LogP contribution in [0.3, 0.4) is 0 Å². The fourth-order valence-electron chi connectivity index (χ4n) is 2.96. The van der Waals surface area contributed by atoms with Gasteiger partial charge in [0, 0.05) is 26.1 Å². The van der Waals surface area contributed by atoms with Crippen molar-refractivity contribution in [3.05, 3.63) is 22.7 Å². The minimum atomic E-state index is -0.326. The lowest BCUT2D eigenvalue weighted by Crippen LogP contribution is -2.43. The molecule has 1 aliphatic rings. The number of anilines is 1. The zero-order valence-corrected chi connectivity index (χ0v) is 15.9. The van der Waals surface area contributed by atoms with Crippen LogP contribution >= 0.6 is 11.6 Å². The quantitative estimate of drug-likeness (QED) is 0.791. The maximum absolute atomic E-state index is 12.9. The molecule has 2 amide bonds. The lowest BCUT2D eigenvalue weighted by molar-refractivity contribution is -0.149. The molecule has 0 spiro atoms. The molecule has 1 atom stereocenters. The van der Waals surface area contributed by atoms with Crippen molar-refractivity contribution < 1.29 is 23.9 Å². The second kappa shape index (κ2) is 8.89. The first kappa shape index (κ1) is 20.0. The Hall–Kier alpha value is -2.28. The number of benzene rings is 1. The van der Waals surface area contributed by atoms with Gasteiger partial charge < -0.3 is 19.7 Å². The topological polar surface area (TPSA) is 84.9 Å². The highest BCUT2D eigenvalue weighted by Gasteiger charge is 2.31. The van der Waals surface area contributed by atoms with Crippen molar-refractivity contribution in [3.63, 3.8) is 0 Å². The van der Waals surface area contributed by atoms with E-state index in [0.717, 1.165) is 6.42 Å². The third-order valence-corrected chi connectivity index (χ3v) is 4.47. The van der Waals surface area contributed by atoms with Gasteiger partial charge in [-0.05, 0) is 25.8 Å². The van der Waals surface area contributed by atoms with Crippen LogP contribution in [0.2, 0.25) is 5.02 Å². The van der Waals surface area contributed by atoms with Crippen LogP contribution < -0.4 is 10.1 Å². The first-order valence-electron chi connectivity index (χ1n) is 8.48. The number of carbonyl (C=O) groups is 3. The Morgan fingerprint density at radius 2 is 2.08 bits per heavy atom. The molecule has 1 fully saturated rings. The molecule has 26 heavy (non-hydrogen) atoms. The van der Waals surface area contributed by atoms with Gasteiger partial charge in [0.25, 0.3) is 5.91 Å². The lowest BCUT2D eigenvalue weighted by atomic mass is 9.97. The second-order valence-corrected chi connectivity index (χ2v) is 6.46. The predicted molar refractivity (Wildman–Crippen MR) is 97.6 cm³/mol. The number of likely N-dealkylation sites (tertiary alicyclic amines) is 1. The standard InChI is InChI=1S/C18H23ClN2O5/c1-4-26-18(24)12-6-5-7-21(10-12)17(23)13-8-14(19)15(20-11(2)22)9-16(13)25-3/h8-9,12H,4-7,10H2,1-3H3,(H,20,22). The Morgan fingerprint density at radius 3 is 2.69 bits per heavy atom. The van der Waals surface area contributed by atoms with E-state index in [1.807, 2.05) is 0 Å². The van der Waals surface area contributed by atoms with Crippen LogP contribution in [0.5, 0.6) is 5.75 Å². The maximum atomic E-state index is 12.9. The number of hydrogen-bond acceptors (Lipinski definition) is 5. The molecule has 8 heteroatoms. The van der Waals surface area contributed by atoms with Gasteiger partial charge in [-0.2, -0.15) is 0 Å². The van der Waals surface area contributed by atoms with Crippen LogP contribution in [-0.4, -0.2) is 49.5 Å². The molecule has 0 saturated carbocycles. The van der Waals surface area contributed by atoms with Gasteiger partial charge >= 0.3 is 5.97 Å². The van der Waals surface area contributed by atoms with E-state index in [1.165, 1.54) is 26.2 Å². The average Bonchev–Trinajstić information content (AvgIpc) is 2.62. The maximum Gasteiger partial charge on any atom is 0.310 e. The molecule has 1 aromatic carbocycles. The van der Waals surface area contributed by atoms with E-state index in [0.29, 0.717) is 37.6 Å². The Labute approximate surface area is 157 Å². The largest absolute Gasteiger partial charge is 0.496 e. The molecule has 1 aliphatic heterocycles. The Balaban J connectivity index is 2.24. The molecule has 1 heterocycles.